The zero-order valence-corrected chi connectivity index (χ0v) is 21.1. The Kier molecular flexibility index (Phi) is 7.63. The average Bonchev–Trinajstić information content (AvgIpc) is 3.04. The summed E-state index contributed by atoms with van der Waals surface area (Å²) in [7, 11) is 0. The van der Waals surface area contributed by atoms with Gasteiger partial charge in [-0.2, -0.15) is 5.10 Å². The van der Waals surface area contributed by atoms with Crippen LogP contribution in [0, 0.1) is 25.7 Å². The molecule has 1 aliphatic heterocycles. The van der Waals surface area contributed by atoms with E-state index >= 15 is 0 Å². The molecule has 0 spiro atoms. The zero-order chi connectivity index (χ0) is 24.9. The SMILES string of the molecule is Cc1cc(C)n(-c2cccc(C(=O)N3CCN(C(=O)CC(C)C)C[C@H](Cc4ccccn4)C3)c2)n1. The molecule has 1 aromatic carbocycles. The maximum Gasteiger partial charge on any atom is 0.254 e. The van der Waals surface area contributed by atoms with Gasteiger partial charge in [-0.1, -0.05) is 26.0 Å². The monoisotopic (exact) mass is 473 g/mol. The summed E-state index contributed by atoms with van der Waals surface area (Å²) in [5, 5.41) is 4.56. The molecule has 7 nitrogen and oxygen atoms in total. The van der Waals surface area contributed by atoms with E-state index in [-0.39, 0.29) is 17.7 Å². The summed E-state index contributed by atoms with van der Waals surface area (Å²) in [6.45, 7) is 10.4. The van der Waals surface area contributed by atoms with E-state index < -0.39 is 0 Å². The van der Waals surface area contributed by atoms with Crippen molar-refractivity contribution >= 4 is 11.8 Å². The average molecular weight is 474 g/mol. The van der Waals surface area contributed by atoms with Crippen LogP contribution in [0.5, 0.6) is 0 Å². The molecule has 3 aromatic rings. The number of nitrogens with zero attached hydrogens (tertiary/aromatic N) is 5. The van der Waals surface area contributed by atoms with Crippen LogP contribution in [0.1, 0.15) is 47.7 Å². The molecule has 0 N–H and O–H groups in total. The van der Waals surface area contributed by atoms with Crippen LogP contribution in [-0.2, 0) is 11.2 Å². The van der Waals surface area contributed by atoms with Crippen molar-refractivity contribution in [1.29, 1.82) is 0 Å². The Balaban J connectivity index is 1.57. The fraction of sp³-hybridized carbons (Fsp3) is 0.429. The van der Waals surface area contributed by atoms with Crippen LogP contribution in [0.3, 0.4) is 0 Å². The second-order valence-electron chi connectivity index (χ2n) is 9.97. The highest BCUT2D eigenvalue weighted by Crippen LogP contribution is 2.20. The molecule has 0 saturated carbocycles. The molecule has 7 heteroatoms. The van der Waals surface area contributed by atoms with Gasteiger partial charge in [0.2, 0.25) is 5.91 Å². The van der Waals surface area contributed by atoms with E-state index in [1.54, 1.807) is 6.20 Å². The minimum absolute atomic E-state index is 0.0161. The van der Waals surface area contributed by atoms with Gasteiger partial charge in [0.15, 0.2) is 0 Å². The number of aromatic nitrogens is 3. The van der Waals surface area contributed by atoms with Crippen molar-refractivity contribution in [2.45, 2.75) is 40.5 Å². The summed E-state index contributed by atoms with van der Waals surface area (Å²) in [6, 6.07) is 15.5. The van der Waals surface area contributed by atoms with Crippen LogP contribution < -0.4 is 0 Å². The molecule has 1 aliphatic rings. The van der Waals surface area contributed by atoms with E-state index in [0.29, 0.717) is 44.1 Å². The van der Waals surface area contributed by atoms with Gasteiger partial charge < -0.3 is 9.80 Å². The number of benzene rings is 1. The number of rotatable bonds is 6. The highest BCUT2D eigenvalue weighted by molar-refractivity contribution is 5.95. The van der Waals surface area contributed by atoms with Crippen molar-refractivity contribution in [1.82, 2.24) is 24.6 Å². The lowest BCUT2D eigenvalue weighted by Gasteiger charge is -2.25. The van der Waals surface area contributed by atoms with E-state index in [9.17, 15) is 9.59 Å². The number of hydrogen-bond acceptors (Lipinski definition) is 4. The Labute approximate surface area is 207 Å². The number of carbonyl (C=O) groups excluding carboxylic acids is 2. The van der Waals surface area contributed by atoms with E-state index in [1.807, 2.05) is 76.9 Å². The Morgan fingerprint density at radius 2 is 1.77 bits per heavy atom. The van der Waals surface area contributed by atoms with Gasteiger partial charge in [-0.3, -0.25) is 14.6 Å². The first-order chi connectivity index (χ1) is 16.8. The first-order valence-electron chi connectivity index (χ1n) is 12.4. The molecule has 2 aromatic heterocycles. The van der Waals surface area contributed by atoms with E-state index in [1.165, 1.54) is 0 Å². The Morgan fingerprint density at radius 1 is 1.00 bits per heavy atom. The van der Waals surface area contributed by atoms with Crippen molar-refractivity contribution in [3.63, 3.8) is 0 Å². The van der Waals surface area contributed by atoms with Crippen molar-refractivity contribution < 1.29 is 9.59 Å². The van der Waals surface area contributed by atoms with Crippen LogP contribution in [0.2, 0.25) is 0 Å². The minimum atomic E-state index is -0.0161. The summed E-state index contributed by atoms with van der Waals surface area (Å²) in [4.78, 5) is 34.9. The number of aryl methyl sites for hydroxylation is 2. The maximum atomic E-state index is 13.7. The lowest BCUT2D eigenvalue weighted by molar-refractivity contribution is -0.132. The summed E-state index contributed by atoms with van der Waals surface area (Å²) in [5.41, 5.74) is 4.45. The largest absolute Gasteiger partial charge is 0.341 e. The number of hydrogen-bond donors (Lipinski definition) is 0. The van der Waals surface area contributed by atoms with Crippen LogP contribution in [0.25, 0.3) is 5.69 Å². The smallest absolute Gasteiger partial charge is 0.254 e. The van der Waals surface area contributed by atoms with Crippen LogP contribution in [0.15, 0.2) is 54.7 Å². The van der Waals surface area contributed by atoms with Crippen LogP contribution in [0.4, 0.5) is 0 Å². The molecular formula is C28H35N5O2. The van der Waals surface area contributed by atoms with Gasteiger partial charge in [-0.05, 0) is 68.5 Å². The summed E-state index contributed by atoms with van der Waals surface area (Å²) >= 11 is 0. The first-order valence-corrected chi connectivity index (χ1v) is 12.4. The van der Waals surface area contributed by atoms with Crippen molar-refractivity contribution in [3.8, 4) is 5.69 Å². The third-order valence-corrected chi connectivity index (χ3v) is 6.39. The summed E-state index contributed by atoms with van der Waals surface area (Å²) in [6.07, 6.45) is 3.04. The van der Waals surface area contributed by atoms with Gasteiger partial charge in [0.1, 0.15) is 0 Å². The molecule has 1 fully saturated rings. The van der Waals surface area contributed by atoms with Crippen molar-refractivity contribution in [2.75, 3.05) is 26.2 Å². The van der Waals surface area contributed by atoms with Crippen LogP contribution in [-0.4, -0.2) is 62.6 Å². The van der Waals surface area contributed by atoms with Gasteiger partial charge in [0.05, 0.1) is 11.4 Å². The lowest BCUT2D eigenvalue weighted by atomic mass is 10.0. The molecular weight excluding hydrogens is 438 g/mol. The molecule has 2 amide bonds. The van der Waals surface area contributed by atoms with E-state index in [0.717, 1.165) is 29.2 Å². The van der Waals surface area contributed by atoms with Crippen LogP contribution >= 0.6 is 0 Å². The zero-order valence-electron chi connectivity index (χ0n) is 21.1. The standard InChI is InChI=1S/C28H35N5O2/c1-20(2)14-27(34)31-12-13-32(19-23(18-31)16-25-9-5-6-11-29-25)28(35)24-8-7-10-26(17-24)33-22(4)15-21(3)30-33/h5-11,15,17,20,23H,12-14,16,18-19H2,1-4H3/t23-/m0/s1. The fourth-order valence-corrected chi connectivity index (χ4v) is 4.78. The van der Waals surface area contributed by atoms with Crippen molar-refractivity contribution in [3.05, 3.63) is 77.4 Å². The molecule has 1 saturated heterocycles. The molecule has 0 unspecified atom stereocenters. The minimum Gasteiger partial charge on any atom is -0.341 e. The highest BCUT2D eigenvalue weighted by Gasteiger charge is 2.29. The number of carbonyl (C=O) groups is 2. The fourth-order valence-electron chi connectivity index (χ4n) is 4.78. The third kappa shape index (κ3) is 6.15. The van der Waals surface area contributed by atoms with Crippen molar-refractivity contribution in [2.24, 2.45) is 11.8 Å². The number of amides is 2. The lowest BCUT2D eigenvalue weighted by Crippen LogP contribution is -2.37. The predicted molar refractivity (Wildman–Crippen MR) is 136 cm³/mol. The van der Waals surface area contributed by atoms with Gasteiger partial charge in [-0.15, -0.1) is 0 Å². The quantitative estimate of drug-likeness (QED) is 0.541. The summed E-state index contributed by atoms with van der Waals surface area (Å²) in [5.74, 6) is 0.561. The molecule has 184 valence electrons. The second kappa shape index (κ2) is 10.8. The highest BCUT2D eigenvalue weighted by atomic mass is 16.2. The van der Waals surface area contributed by atoms with E-state index in [2.05, 4.69) is 23.9 Å². The molecule has 1 atom stereocenters. The normalized spacial score (nSPS) is 16.4. The summed E-state index contributed by atoms with van der Waals surface area (Å²) < 4.78 is 1.87. The Hall–Kier alpha value is -3.48. The molecule has 3 heterocycles. The number of pyridine rings is 1. The van der Waals surface area contributed by atoms with Gasteiger partial charge in [0.25, 0.3) is 5.91 Å². The third-order valence-electron chi connectivity index (χ3n) is 6.39. The predicted octanol–water partition coefficient (Wildman–Crippen LogP) is 4.07. The second-order valence-corrected chi connectivity index (χ2v) is 9.97. The van der Waals surface area contributed by atoms with Gasteiger partial charge >= 0.3 is 0 Å². The molecule has 0 bridgehead atoms. The first kappa shape index (κ1) is 24.6. The van der Waals surface area contributed by atoms with Gasteiger partial charge in [0, 0.05) is 55.7 Å². The molecule has 35 heavy (non-hydrogen) atoms. The Bertz CT molecular complexity index is 1170. The molecule has 0 radical (unpaired) electrons. The maximum absolute atomic E-state index is 13.7. The van der Waals surface area contributed by atoms with Gasteiger partial charge in [-0.25, -0.2) is 4.68 Å². The topological polar surface area (TPSA) is 71.3 Å². The van der Waals surface area contributed by atoms with E-state index in [4.69, 9.17) is 0 Å². The molecule has 0 aliphatic carbocycles. The Morgan fingerprint density at radius 3 is 2.46 bits per heavy atom. The molecule has 4 rings (SSSR count).